The highest BCUT2D eigenvalue weighted by Crippen LogP contribution is 2.23. The van der Waals surface area contributed by atoms with Crippen molar-refractivity contribution in [3.05, 3.63) is 65.7 Å². The van der Waals surface area contributed by atoms with Crippen LogP contribution in [0.2, 0.25) is 0 Å². The van der Waals surface area contributed by atoms with Crippen molar-refractivity contribution in [2.45, 2.75) is 70.9 Å². The lowest BCUT2D eigenvalue weighted by molar-refractivity contribution is -0.138. The molecule has 2 aromatic carbocycles. The van der Waals surface area contributed by atoms with E-state index in [4.69, 9.17) is 14.2 Å². The molecule has 5 nitrogen and oxygen atoms in total. The second-order valence-electron chi connectivity index (χ2n) is 8.67. The Kier molecular flexibility index (Phi) is 13.3. The number of unbranched alkanes of at least 4 members (excludes halogenated alkanes) is 6. The third kappa shape index (κ3) is 13.6. The summed E-state index contributed by atoms with van der Waals surface area (Å²) in [5.41, 5.74) is 1.10. The van der Waals surface area contributed by atoms with Crippen LogP contribution in [0, 0.1) is 0 Å². The number of rotatable bonds is 16. The summed E-state index contributed by atoms with van der Waals surface area (Å²) >= 11 is 0. The van der Waals surface area contributed by atoms with Crippen molar-refractivity contribution >= 4 is 18.0 Å². The molecule has 0 amide bonds. The molecule has 8 heteroatoms. The van der Waals surface area contributed by atoms with Crippen LogP contribution in [0.3, 0.4) is 0 Å². The van der Waals surface area contributed by atoms with Gasteiger partial charge in [-0.3, -0.25) is 0 Å². The number of benzene rings is 2. The van der Waals surface area contributed by atoms with Crippen LogP contribution in [0.25, 0.3) is 6.08 Å². The van der Waals surface area contributed by atoms with Gasteiger partial charge in [-0.15, -0.1) is 0 Å². The van der Waals surface area contributed by atoms with Gasteiger partial charge in [0, 0.05) is 12.5 Å². The van der Waals surface area contributed by atoms with Gasteiger partial charge in [0.05, 0.1) is 18.8 Å². The van der Waals surface area contributed by atoms with Crippen LogP contribution in [0.15, 0.2) is 54.6 Å². The average molecular weight is 521 g/mol. The maximum absolute atomic E-state index is 12.4. The zero-order valence-electron chi connectivity index (χ0n) is 21.2. The maximum atomic E-state index is 12.4. The zero-order valence-corrected chi connectivity index (χ0v) is 21.2. The Morgan fingerprint density at radius 1 is 0.784 bits per heavy atom. The summed E-state index contributed by atoms with van der Waals surface area (Å²) in [5.74, 6) is -0.0427. The summed E-state index contributed by atoms with van der Waals surface area (Å²) in [6.45, 7) is 2.87. The highest BCUT2D eigenvalue weighted by molar-refractivity contribution is 5.91. The van der Waals surface area contributed by atoms with E-state index in [1.54, 1.807) is 54.6 Å². The van der Waals surface area contributed by atoms with Gasteiger partial charge in [0.15, 0.2) is 0 Å². The SMILES string of the molecule is CCCCCCCOC(=O)C=Cc1ccc(OC(=O)c2ccc(OCCCCCC(F)(F)F)cc2)cc1. The van der Waals surface area contributed by atoms with E-state index in [-0.39, 0.29) is 12.4 Å². The molecule has 0 aliphatic heterocycles. The van der Waals surface area contributed by atoms with Crippen molar-refractivity contribution in [3.63, 3.8) is 0 Å². The van der Waals surface area contributed by atoms with Crippen molar-refractivity contribution in [2.75, 3.05) is 13.2 Å². The summed E-state index contributed by atoms with van der Waals surface area (Å²) in [5, 5.41) is 0. The number of carbonyl (C=O) groups is 2. The number of hydrogen-bond donors (Lipinski definition) is 0. The number of hydrogen-bond acceptors (Lipinski definition) is 5. The quantitative estimate of drug-likeness (QED) is 0.0973. The van der Waals surface area contributed by atoms with Crippen LogP contribution < -0.4 is 9.47 Å². The Morgan fingerprint density at radius 3 is 2.08 bits per heavy atom. The summed E-state index contributed by atoms with van der Waals surface area (Å²) in [6, 6.07) is 13.1. The Morgan fingerprint density at radius 2 is 1.41 bits per heavy atom. The molecule has 0 aliphatic carbocycles. The molecule has 0 N–H and O–H groups in total. The fourth-order valence-corrected chi connectivity index (χ4v) is 3.39. The van der Waals surface area contributed by atoms with Crippen molar-refractivity contribution in [1.82, 2.24) is 0 Å². The third-order valence-corrected chi connectivity index (χ3v) is 5.46. The first kappa shape index (κ1) is 29.9. The van der Waals surface area contributed by atoms with Gasteiger partial charge < -0.3 is 14.2 Å². The molecule has 0 saturated carbocycles. The lowest BCUT2D eigenvalue weighted by Crippen LogP contribution is -2.08. The molecule has 0 aromatic heterocycles. The molecule has 0 saturated heterocycles. The van der Waals surface area contributed by atoms with Crippen LogP contribution in [0.5, 0.6) is 11.5 Å². The predicted octanol–water partition coefficient (Wildman–Crippen LogP) is 7.93. The molecule has 0 fully saturated rings. The minimum atomic E-state index is -4.12. The molecule has 0 heterocycles. The molecule has 37 heavy (non-hydrogen) atoms. The van der Waals surface area contributed by atoms with Crippen molar-refractivity contribution in [2.24, 2.45) is 0 Å². The second kappa shape index (κ2) is 16.5. The number of halogens is 3. The molecular weight excluding hydrogens is 485 g/mol. The Labute approximate surface area is 216 Å². The highest BCUT2D eigenvalue weighted by atomic mass is 19.4. The monoisotopic (exact) mass is 520 g/mol. The summed E-state index contributed by atoms with van der Waals surface area (Å²) in [4.78, 5) is 24.2. The number of esters is 2. The molecule has 0 spiro atoms. The van der Waals surface area contributed by atoms with Gasteiger partial charge in [-0.05, 0) is 73.7 Å². The molecule has 0 bridgehead atoms. The van der Waals surface area contributed by atoms with Gasteiger partial charge in [-0.2, -0.15) is 13.2 Å². The van der Waals surface area contributed by atoms with E-state index < -0.39 is 18.6 Å². The summed E-state index contributed by atoms with van der Waals surface area (Å²) < 4.78 is 52.5. The van der Waals surface area contributed by atoms with Crippen LogP contribution >= 0.6 is 0 Å². The van der Waals surface area contributed by atoms with Crippen molar-refractivity contribution in [1.29, 1.82) is 0 Å². The molecule has 0 aliphatic rings. The Balaban J connectivity index is 1.70. The largest absolute Gasteiger partial charge is 0.494 e. The van der Waals surface area contributed by atoms with Gasteiger partial charge in [-0.25, -0.2) is 9.59 Å². The molecule has 0 atom stereocenters. The Bertz CT molecular complexity index is 967. The normalized spacial score (nSPS) is 11.5. The van der Waals surface area contributed by atoms with E-state index in [1.165, 1.54) is 18.9 Å². The topological polar surface area (TPSA) is 61.8 Å². The fraction of sp³-hybridized carbons (Fsp3) is 0.448. The molecule has 0 unspecified atom stereocenters. The maximum Gasteiger partial charge on any atom is 0.389 e. The van der Waals surface area contributed by atoms with E-state index in [2.05, 4.69) is 6.92 Å². The smallest absolute Gasteiger partial charge is 0.389 e. The molecule has 2 aromatic rings. The minimum absolute atomic E-state index is 0.0840. The number of alkyl halides is 3. The fourth-order valence-electron chi connectivity index (χ4n) is 3.39. The Hall–Kier alpha value is -3.29. The van der Waals surface area contributed by atoms with Gasteiger partial charge >= 0.3 is 18.1 Å². The predicted molar refractivity (Wildman–Crippen MR) is 137 cm³/mol. The first-order chi connectivity index (χ1) is 17.8. The van der Waals surface area contributed by atoms with Gasteiger partial charge in [0.25, 0.3) is 0 Å². The van der Waals surface area contributed by atoms with Crippen LogP contribution in [0.4, 0.5) is 13.2 Å². The standard InChI is InChI=1S/C29H35F3O5/c1-2-3-4-5-8-22-36-27(33)19-12-23-10-15-26(16-11-23)37-28(34)24-13-17-25(18-14-24)35-21-9-6-7-20-29(30,31)32/h10-19H,2-9,20-22H2,1H3. The first-order valence-corrected chi connectivity index (χ1v) is 12.7. The van der Waals surface area contributed by atoms with E-state index in [0.29, 0.717) is 43.1 Å². The third-order valence-electron chi connectivity index (χ3n) is 5.46. The summed E-state index contributed by atoms with van der Waals surface area (Å²) in [7, 11) is 0. The van der Waals surface area contributed by atoms with Crippen LogP contribution in [-0.4, -0.2) is 31.3 Å². The molecule has 0 radical (unpaired) electrons. The average Bonchev–Trinajstić information content (AvgIpc) is 2.87. The van der Waals surface area contributed by atoms with Crippen LogP contribution in [-0.2, 0) is 9.53 Å². The second-order valence-corrected chi connectivity index (χ2v) is 8.67. The number of ether oxygens (including phenoxy) is 3. The number of carbonyl (C=O) groups excluding carboxylic acids is 2. The molecular formula is C29H35F3O5. The van der Waals surface area contributed by atoms with Crippen molar-refractivity contribution in [3.8, 4) is 11.5 Å². The van der Waals surface area contributed by atoms with E-state index in [9.17, 15) is 22.8 Å². The first-order valence-electron chi connectivity index (χ1n) is 12.7. The molecule has 2 rings (SSSR count). The minimum Gasteiger partial charge on any atom is -0.494 e. The van der Waals surface area contributed by atoms with Crippen LogP contribution in [0.1, 0.15) is 80.6 Å². The zero-order chi connectivity index (χ0) is 26.9. The molecule has 202 valence electrons. The van der Waals surface area contributed by atoms with E-state index >= 15 is 0 Å². The highest BCUT2D eigenvalue weighted by Gasteiger charge is 2.25. The lowest BCUT2D eigenvalue weighted by Gasteiger charge is -2.08. The van der Waals surface area contributed by atoms with Crippen molar-refractivity contribution < 1.29 is 37.0 Å². The lowest BCUT2D eigenvalue weighted by atomic mass is 10.2. The summed E-state index contributed by atoms with van der Waals surface area (Å²) in [6.07, 6.45) is 4.59. The van der Waals surface area contributed by atoms with Gasteiger partial charge in [-0.1, -0.05) is 44.7 Å². The van der Waals surface area contributed by atoms with Gasteiger partial charge in [0.2, 0.25) is 0 Å². The van der Waals surface area contributed by atoms with E-state index in [0.717, 1.165) is 24.8 Å². The van der Waals surface area contributed by atoms with Gasteiger partial charge in [0.1, 0.15) is 11.5 Å². The van der Waals surface area contributed by atoms with E-state index in [1.807, 2.05) is 0 Å².